The predicted molar refractivity (Wildman–Crippen MR) is 39.7 cm³/mol. The maximum atomic E-state index is 5.33. The van der Waals surface area contributed by atoms with Crippen LogP contribution in [0.3, 0.4) is 0 Å². The standard InChI is InChI=1S/C6H4ClNS/c7-3-1-2-6-4-8-5-9-6/h4-5H,3H2. The van der Waals surface area contributed by atoms with Gasteiger partial charge in [-0.15, -0.1) is 22.9 Å². The molecular formula is C6H4ClNS. The van der Waals surface area contributed by atoms with Crippen LogP contribution in [-0.4, -0.2) is 10.9 Å². The van der Waals surface area contributed by atoms with Gasteiger partial charge in [0.1, 0.15) is 0 Å². The molecule has 0 bridgehead atoms. The van der Waals surface area contributed by atoms with Crippen LogP contribution in [0.1, 0.15) is 4.88 Å². The third-order valence-corrected chi connectivity index (χ3v) is 1.53. The van der Waals surface area contributed by atoms with Gasteiger partial charge in [-0.1, -0.05) is 11.8 Å². The Morgan fingerprint density at radius 3 is 3.22 bits per heavy atom. The summed E-state index contributed by atoms with van der Waals surface area (Å²) in [6.45, 7) is 0. The van der Waals surface area contributed by atoms with Crippen LogP contribution >= 0.6 is 22.9 Å². The molecule has 1 nitrogen and oxygen atoms in total. The van der Waals surface area contributed by atoms with E-state index in [9.17, 15) is 0 Å². The van der Waals surface area contributed by atoms with E-state index in [0.717, 1.165) is 4.88 Å². The predicted octanol–water partition coefficient (Wildman–Crippen LogP) is 1.73. The number of hydrogen-bond acceptors (Lipinski definition) is 2. The van der Waals surface area contributed by atoms with Gasteiger partial charge in [0, 0.05) is 0 Å². The van der Waals surface area contributed by atoms with E-state index in [0.29, 0.717) is 5.88 Å². The lowest BCUT2D eigenvalue weighted by Crippen LogP contribution is -1.62. The van der Waals surface area contributed by atoms with Crippen LogP contribution < -0.4 is 0 Å². The normalized spacial score (nSPS) is 8.11. The van der Waals surface area contributed by atoms with Crippen LogP contribution in [-0.2, 0) is 0 Å². The SMILES string of the molecule is ClCC#Cc1cncs1. The highest BCUT2D eigenvalue weighted by atomic mass is 35.5. The van der Waals surface area contributed by atoms with E-state index in [2.05, 4.69) is 16.8 Å². The third-order valence-electron chi connectivity index (χ3n) is 0.711. The summed E-state index contributed by atoms with van der Waals surface area (Å²) in [5, 5.41) is 0. The largest absolute Gasteiger partial charge is 0.252 e. The van der Waals surface area contributed by atoms with E-state index in [1.165, 1.54) is 11.3 Å². The molecule has 3 heteroatoms. The Morgan fingerprint density at radius 1 is 1.78 bits per heavy atom. The first-order valence-corrected chi connectivity index (χ1v) is 3.78. The Hall–Kier alpha value is -0.520. The fourth-order valence-electron chi connectivity index (χ4n) is 0.398. The van der Waals surface area contributed by atoms with Gasteiger partial charge in [0.2, 0.25) is 0 Å². The first kappa shape index (κ1) is 6.60. The van der Waals surface area contributed by atoms with Crippen molar-refractivity contribution in [3.8, 4) is 11.8 Å². The number of nitrogens with zero attached hydrogens (tertiary/aromatic N) is 1. The quantitative estimate of drug-likeness (QED) is 0.413. The van der Waals surface area contributed by atoms with Gasteiger partial charge < -0.3 is 0 Å². The molecule has 0 aliphatic heterocycles. The van der Waals surface area contributed by atoms with Crippen LogP contribution in [0.15, 0.2) is 11.7 Å². The van der Waals surface area contributed by atoms with Crippen LogP contribution in [0.25, 0.3) is 0 Å². The van der Waals surface area contributed by atoms with Crippen molar-refractivity contribution in [3.63, 3.8) is 0 Å². The molecule has 0 aromatic carbocycles. The van der Waals surface area contributed by atoms with Crippen molar-refractivity contribution >= 4 is 22.9 Å². The van der Waals surface area contributed by atoms with Gasteiger partial charge >= 0.3 is 0 Å². The van der Waals surface area contributed by atoms with Crippen LogP contribution in [0, 0.1) is 11.8 Å². The summed E-state index contributed by atoms with van der Waals surface area (Å²) in [7, 11) is 0. The molecule has 0 aliphatic carbocycles. The van der Waals surface area contributed by atoms with Gasteiger partial charge in [-0.25, -0.2) is 0 Å². The van der Waals surface area contributed by atoms with E-state index >= 15 is 0 Å². The lowest BCUT2D eigenvalue weighted by Gasteiger charge is -1.70. The molecule has 0 aliphatic rings. The maximum Gasteiger partial charge on any atom is 0.0967 e. The van der Waals surface area contributed by atoms with Gasteiger partial charge in [-0.05, 0) is 0 Å². The smallest absolute Gasteiger partial charge is 0.0967 e. The summed E-state index contributed by atoms with van der Waals surface area (Å²) in [5.74, 6) is 5.97. The average Bonchev–Trinajstić information content (AvgIpc) is 2.34. The molecule has 9 heavy (non-hydrogen) atoms. The summed E-state index contributed by atoms with van der Waals surface area (Å²) >= 11 is 6.85. The summed E-state index contributed by atoms with van der Waals surface area (Å²) < 4.78 is 0. The molecule has 0 fully saturated rings. The van der Waals surface area contributed by atoms with Crippen molar-refractivity contribution in [1.82, 2.24) is 4.98 Å². The molecule has 0 saturated carbocycles. The minimum absolute atomic E-state index is 0.387. The minimum Gasteiger partial charge on any atom is -0.252 e. The molecule has 0 unspecified atom stereocenters. The summed E-state index contributed by atoms with van der Waals surface area (Å²) in [6, 6.07) is 0. The Kier molecular flexibility index (Phi) is 2.56. The van der Waals surface area contributed by atoms with Crippen molar-refractivity contribution in [1.29, 1.82) is 0 Å². The minimum atomic E-state index is 0.387. The molecule has 46 valence electrons. The van der Waals surface area contributed by atoms with E-state index in [4.69, 9.17) is 11.6 Å². The fourth-order valence-corrected chi connectivity index (χ4v) is 0.953. The molecule has 0 saturated heterocycles. The molecule has 0 radical (unpaired) electrons. The average molecular weight is 158 g/mol. The summed E-state index contributed by atoms with van der Waals surface area (Å²) in [5.41, 5.74) is 1.75. The first-order valence-electron chi connectivity index (χ1n) is 2.37. The van der Waals surface area contributed by atoms with Gasteiger partial charge in [-0.2, -0.15) is 0 Å². The van der Waals surface area contributed by atoms with E-state index in [1.54, 1.807) is 11.7 Å². The van der Waals surface area contributed by atoms with Crippen molar-refractivity contribution in [3.05, 3.63) is 16.6 Å². The van der Waals surface area contributed by atoms with Crippen LogP contribution in [0.4, 0.5) is 0 Å². The first-order chi connectivity index (χ1) is 4.43. The van der Waals surface area contributed by atoms with Gasteiger partial charge in [-0.3, -0.25) is 4.98 Å². The molecule has 1 heterocycles. The fraction of sp³-hybridized carbons (Fsp3) is 0.167. The molecule has 0 atom stereocenters. The number of thiazole rings is 1. The zero-order chi connectivity index (χ0) is 6.53. The molecule has 1 aromatic rings. The molecule has 0 amide bonds. The van der Waals surface area contributed by atoms with Gasteiger partial charge in [0.25, 0.3) is 0 Å². The van der Waals surface area contributed by atoms with Crippen molar-refractivity contribution < 1.29 is 0 Å². The topological polar surface area (TPSA) is 12.9 Å². The molecule has 0 N–H and O–H groups in total. The summed E-state index contributed by atoms with van der Waals surface area (Å²) in [4.78, 5) is 4.82. The van der Waals surface area contributed by atoms with Crippen molar-refractivity contribution in [2.45, 2.75) is 0 Å². The molecular weight excluding hydrogens is 154 g/mol. The molecule has 1 rings (SSSR count). The second-order valence-electron chi connectivity index (χ2n) is 1.30. The number of aromatic nitrogens is 1. The number of alkyl halides is 1. The van der Waals surface area contributed by atoms with Gasteiger partial charge in [0.15, 0.2) is 0 Å². The zero-order valence-corrected chi connectivity index (χ0v) is 6.17. The van der Waals surface area contributed by atoms with Crippen molar-refractivity contribution in [2.75, 3.05) is 5.88 Å². The van der Waals surface area contributed by atoms with Gasteiger partial charge in [0.05, 0.1) is 22.5 Å². The highest BCUT2D eigenvalue weighted by molar-refractivity contribution is 7.10. The molecule has 0 spiro atoms. The highest BCUT2D eigenvalue weighted by Crippen LogP contribution is 2.01. The third kappa shape index (κ3) is 2.05. The number of halogens is 1. The number of hydrogen-bond donors (Lipinski definition) is 0. The maximum absolute atomic E-state index is 5.33. The molecule has 1 aromatic heterocycles. The zero-order valence-electron chi connectivity index (χ0n) is 4.60. The Bertz CT molecular complexity index is 219. The van der Waals surface area contributed by atoms with E-state index < -0.39 is 0 Å². The second kappa shape index (κ2) is 3.49. The lowest BCUT2D eigenvalue weighted by atomic mass is 10.5. The monoisotopic (exact) mass is 157 g/mol. The highest BCUT2D eigenvalue weighted by Gasteiger charge is 1.82. The Labute approximate surface area is 62.7 Å². The second-order valence-corrected chi connectivity index (χ2v) is 2.45. The number of rotatable bonds is 0. The Morgan fingerprint density at radius 2 is 2.67 bits per heavy atom. The van der Waals surface area contributed by atoms with E-state index in [-0.39, 0.29) is 0 Å². The van der Waals surface area contributed by atoms with Crippen LogP contribution in [0.5, 0.6) is 0 Å². The van der Waals surface area contributed by atoms with E-state index in [1.807, 2.05) is 0 Å². The lowest BCUT2D eigenvalue weighted by molar-refractivity contribution is 1.42. The summed E-state index contributed by atoms with van der Waals surface area (Å²) in [6.07, 6.45) is 1.73. The van der Waals surface area contributed by atoms with Crippen molar-refractivity contribution in [2.24, 2.45) is 0 Å². The van der Waals surface area contributed by atoms with Crippen LogP contribution in [0.2, 0.25) is 0 Å². The Balaban J connectivity index is 2.67.